The molecule has 1 fully saturated rings. The third-order valence-corrected chi connectivity index (χ3v) is 2.89. The van der Waals surface area contributed by atoms with E-state index in [1.807, 2.05) is 0 Å². The molecule has 0 amide bonds. The summed E-state index contributed by atoms with van der Waals surface area (Å²) in [5.41, 5.74) is 0. The lowest BCUT2D eigenvalue weighted by Crippen LogP contribution is -2.30. The summed E-state index contributed by atoms with van der Waals surface area (Å²) in [4.78, 5) is 11.8. The molecule has 0 bridgehead atoms. The van der Waals surface area contributed by atoms with Gasteiger partial charge in [-0.1, -0.05) is 12.8 Å². The molecule has 0 aromatic carbocycles. The minimum Gasteiger partial charge on any atom is -0.461 e. The minimum atomic E-state index is 0.111. The highest BCUT2D eigenvalue weighted by Gasteiger charge is 2.17. The Morgan fingerprint density at radius 2 is 2.40 bits per heavy atom. The molecule has 1 unspecified atom stereocenters. The fraction of sp³-hybridized carbons (Fsp3) is 0.583. The molecule has 1 aliphatic heterocycles. The number of carbonyl (C=O) groups is 1. The number of hydrogen-bond acceptors (Lipinski definition) is 3. The molecule has 0 spiro atoms. The Labute approximate surface area is 89.9 Å². The standard InChI is InChI=1S/C12H17NO2/c14-11(12-6-4-8-15-12)9-10-5-2-1-3-7-13-10/h4,6,8,10,13H,1-3,5,7,9H2. The maximum atomic E-state index is 11.8. The summed E-state index contributed by atoms with van der Waals surface area (Å²) in [6.45, 7) is 1.04. The second-order valence-corrected chi connectivity index (χ2v) is 4.10. The molecule has 0 aliphatic carbocycles. The second kappa shape index (κ2) is 5.12. The van der Waals surface area contributed by atoms with Crippen molar-refractivity contribution in [3.63, 3.8) is 0 Å². The van der Waals surface area contributed by atoms with Gasteiger partial charge in [-0.05, 0) is 31.5 Å². The van der Waals surface area contributed by atoms with Crippen LogP contribution in [-0.2, 0) is 0 Å². The maximum Gasteiger partial charge on any atom is 0.199 e. The molecule has 15 heavy (non-hydrogen) atoms. The molecule has 0 radical (unpaired) electrons. The lowest BCUT2D eigenvalue weighted by atomic mass is 10.0. The van der Waals surface area contributed by atoms with Crippen LogP contribution >= 0.6 is 0 Å². The molecule has 0 saturated carbocycles. The van der Waals surface area contributed by atoms with E-state index in [9.17, 15) is 4.79 Å². The van der Waals surface area contributed by atoms with Gasteiger partial charge in [0, 0.05) is 12.5 Å². The summed E-state index contributed by atoms with van der Waals surface area (Å²) in [6.07, 6.45) is 6.95. The van der Waals surface area contributed by atoms with Crippen molar-refractivity contribution in [2.75, 3.05) is 6.54 Å². The van der Waals surface area contributed by atoms with Crippen molar-refractivity contribution in [1.82, 2.24) is 5.32 Å². The van der Waals surface area contributed by atoms with Crippen molar-refractivity contribution in [2.45, 2.75) is 38.1 Å². The van der Waals surface area contributed by atoms with Crippen LogP contribution in [0.5, 0.6) is 0 Å². The highest BCUT2D eigenvalue weighted by Crippen LogP contribution is 2.14. The van der Waals surface area contributed by atoms with Gasteiger partial charge in [-0.3, -0.25) is 4.79 Å². The molecule has 2 heterocycles. The van der Waals surface area contributed by atoms with Crippen LogP contribution in [0.15, 0.2) is 22.8 Å². The van der Waals surface area contributed by atoms with Gasteiger partial charge in [0.1, 0.15) is 0 Å². The Morgan fingerprint density at radius 1 is 1.47 bits per heavy atom. The summed E-state index contributed by atoms with van der Waals surface area (Å²) >= 11 is 0. The molecule has 82 valence electrons. The third-order valence-electron chi connectivity index (χ3n) is 2.89. The highest BCUT2D eigenvalue weighted by atomic mass is 16.3. The van der Waals surface area contributed by atoms with Crippen LogP contribution in [0.2, 0.25) is 0 Å². The topological polar surface area (TPSA) is 42.2 Å². The van der Waals surface area contributed by atoms with Crippen molar-refractivity contribution in [3.05, 3.63) is 24.2 Å². The molecule has 1 aromatic rings. The Bertz CT molecular complexity index is 297. The van der Waals surface area contributed by atoms with Crippen LogP contribution in [0.4, 0.5) is 0 Å². The number of Topliss-reactive ketones (excluding diaryl/α,β-unsaturated/α-hetero) is 1. The van der Waals surface area contributed by atoms with E-state index in [1.54, 1.807) is 18.4 Å². The van der Waals surface area contributed by atoms with Gasteiger partial charge in [0.05, 0.1) is 6.26 Å². The number of furan rings is 1. The summed E-state index contributed by atoms with van der Waals surface area (Å²) in [5, 5.41) is 3.41. The van der Waals surface area contributed by atoms with Gasteiger partial charge in [-0.25, -0.2) is 0 Å². The predicted molar refractivity (Wildman–Crippen MR) is 57.9 cm³/mol. The van der Waals surface area contributed by atoms with Gasteiger partial charge in [0.15, 0.2) is 11.5 Å². The molecule has 2 rings (SSSR count). The van der Waals surface area contributed by atoms with E-state index >= 15 is 0 Å². The van der Waals surface area contributed by atoms with Crippen molar-refractivity contribution in [1.29, 1.82) is 0 Å². The largest absolute Gasteiger partial charge is 0.461 e. The fourth-order valence-corrected chi connectivity index (χ4v) is 2.04. The molecule has 3 nitrogen and oxygen atoms in total. The monoisotopic (exact) mass is 207 g/mol. The number of carbonyl (C=O) groups excluding carboxylic acids is 1. The zero-order valence-electron chi connectivity index (χ0n) is 8.87. The normalized spacial score (nSPS) is 22.3. The van der Waals surface area contributed by atoms with Gasteiger partial charge < -0.3 is 9.73 Å². The van der Waals surface area contributed by atoms with E-state index in [0.29, 0.717) is 18.2 Å². The van der Waals surface area contributed by atoms with Crippen molar-refractivity contribution >= 4 is 5.78 Å². The average Bonchev–Trinajstić information content (AvgIpc) is 2.65. The van der Waals surface area contributed by atoms with Gasteiger partial charge in [0.2, 0.25) is 0 Å². The molecule has 1 saturated heterocycles. The van der Waals surface area contributed by atoms with E-state index in [0.717, 1.165) is 13.0 Å². The second-order valence-electron chi connectivity index (χ2n) is 4.10. The van der Waals surface area contributed by atoms with Crippen LogP contribution in [-0.4, -0.2) is 18.4 Å². The summed E-state index contributed by atoms with van der Waals surface area (Å²) < 4.78 is 5.09. The van der Waals surface area contributed by atoms with E-state index in [-0.39, 0.29) is 5.78 Å². The van der Waals surface area contributed by atoms with Gasteiger partial charge >= 0.3 is 0 Å². The lowest BCUT2D eigenvalue weighted by Gasteiger charge is -2.13. The average molecular weight is 207 g/mol. The van der Waals surface area contributed by atoms with Crippen molar-refractivity contribution in [2.24, 2.45) is 0 Å². The van der Waals surface area contributed by atoms with Crippen LogP contribution in [0.3, 0.4) is 0 Å². The van der Waals surface area contributed by atoms with Crippen LogP contribution in [0.25, 0.3) is 0 Å². The van der Waals surface area contributed by atoms with Crippen molar-refractivity contribution in [3.8, 4) is 0 Å². The Kier molecular flexibility index (Phi) is 3.56. The number of ketones is 1. The van der Waals surface area contributed by atoms with Crippen LogP contribution in [0, 0.1) is 0 Å². The van der Waals surface area contributed by atoms with Crippen LogP contribution < -0.4 is 5.32 Å². The summed E-state index contributed by atoms with van der Waals surface area (Å²) in [6, 6.07) is 3.83. The highest BCUT2D eigenvalue weighted by molar-refractivity contribution is 5.93. The SMILES string of the molecule is O=C(CC1CCCCCN1)c1ccco1. The van der Waals surface area contributed by atoms with Gasteiger partial charge in [0.25, 0.3) is 0 Å². The zero-order chi connectivity index (χ0) is 10.5. The molecular weight excluding hydrogens is 190 g/mol. The molecular formula is C12H17NO2. The van der Waals surface area contributed by atoms with E-state index in [1.165, 1.54) is 19.3 Å². The number of rotatable bonds is 3. The van der Waals surface area contributed by atoms with E-state index < -0.39 is 0 Å². The molecule has 1 aromatic heterocycles. The zero-order valence-corrected chi connectivity index (χ0v) is 8.87. The molecule has 1 N–H and O–H groups in total. The fourth-order valence-electron chi connectivity index (χ4n) is 2.04. The number of nitrogens with one attached hydrogen (secondary N) is 1. The predicted octanol–water partition coefficient (Wildman–Crippen LogP) is 2.38. The third kappa shape index (κ3) is 2.93. The van der Waals surface area contributed by atoms with Gasteiger partial charge in [-0.15, -0.1) is 0 Å². The summed E-state index contributed by atoms with van der Waals surface area (Å²) in [7, 11) is 0. The number of hydrogen-bond donors (Lipinski definition) is 1. The van der Waals surface area contributed by atoms with Gasteiger partial charge in [-0.2, -0.15) is 0 Å². The van der Waals surface area contributed by atoms with E-state index in [2.05, 4.69) is 5.32 Å². The Hall–Kier alpha value is -1.09. The smallest absolute Gasteiger partial charge is 0.199 e. The van der Waals surface area contributed by atoms with Crippen LogP contribution in [0.1, 0.15) is 42.7 Å². The Morgan fingerprint density at radius 3 is 3.20 bits per heavy atom. The van der Waals surface area contributed by atoms with E-state index in [4.69, 9.17) is 4.42 Å². The molecule has 1 atom stereocenters. The first-order valence-electron chi connectivity index (χ1n) is 5.66. The maximum absolute atomic E-state index is 11.8. The Balaban J connectivity index is 1.87. The first-order chi connectivity index (χ1) is 7.36. The minimum absolute atomic E-state index is 0.111. The molecule has 1 aliphatic rings. The van der Waals surface area contributed by atoms with Crippen molar-refractivity contribution < 1.29 is 9.21 Å². The lowest BCUT2D eigenvalue weighted by molar-refractivity contribution is 0.0941. The molecule has 3 heteroatoms. The first kappa shape index (κ1) is 10.4. The quantitative estimate of drug-likeness (QED) is 0.774. The summed E-state index contributed by atoms with van der Waals surface area (Å²) in [5.74, 6) is 0.598. The first-order valence-corrected chi connectivity index (χ1v) is 5.66.